The van der Waals surface area contributed by atoms with E-state index in [1.54, 1.807) is 13.2 Å². The molecule has 17 heavy (non-hydrogen) atoms. The number of hydrogen-bond donors (Lipinski definition) is 1. The van der Waals surface area contributed by atoms with Crippen LogP contribution in [0.4, 0.5) is 0 Å². The fourth-order valence-corrected chi connectivity index (χ4v) is 1.89. The van der Waals surface area contributed by atoms with E-state index in [-0.39, 0.29) is 0 Å². The molecule has 1 heterocycles. The van der Waals surface area contributed by atoms with Crippen LogP contribution in [0, 0.1) is 6.92 Å². The molecule has 0 unspecified atom stereocenters. The average molecular weight is 252 g/mol. The molecular formula is C12H14ClN3O. The summed E-state index contributed by atoms with van der Waals surface area (Å²) < 4.78 is 7.24. The molecule has 0 saturated heterocycles. The maximum Gasteiger partial charge on any atom is 0.142 e. The lowest BCUT2D eigenvalue weighted by atomic mass is 10.3. The van der Waals surface area contributed by atoms with E-state index in [1.807, 2.05) is 29.8 Å². The van der Waals surface area contributed by atoms with Gasteiger partial charge in [0.1, 0.15) is 11.6 Å². The van der Waals surface area contributed by atoms with Gasteiger partial charge in [-0.2, -0.15) is 0 Å². The molecule has 4 nitrogen and oxygen atoms in total. The van der Waals surface area contributed by atoms with E-state index in [1.165, 1.54) is 0 Å². The molecule has 1 aromatic carbocycles. The van der Waals surface area contributed by atoms with Gasteiger partial charge in [0.15, 0.2) is 0 Å². The van der Waals surface area contributed by atoms with Crippen molar-refractivity contribution in [2.24, 2.45) is 5.73 Å². The lowest BCUT2D eigenvalue weighted by Gasteiger charge is -2.10. The number of nitrogens with zero attached hydrogens (tertiary/aromatic N) is 2. The summed E-state index contributed by atoms with van der Waals surface area (Å²) in [5.41, 5.74) is 7.28. The van der Waals surface area contributed by atoms with Crippen molar-refractivity contribution in [2.75, 3.05) is 7.11 Å². The fraction of sp³-hybridized carbons (Fsp3) is 0.250. The highest BCUT2D eigenvalue weighted by Crippen LogP contribution is 2.27. The maximum absolute atomic E-state index is 6.00. The minimum Gasteiger partial charge on any atom is -0.495 e. The first-order valence-corrected chi connectivity index (χ1v) is 5.62. The summed E-state index contributed by atoms with van der Waals surface area (Å²) in [6.07, 6.45) is 1.89. The highest BCUT2D eigenvalue weighted by Gasteiger charge is 2.10. The van der Waals surface area contributed by atoms with Crippen LogP contribution >= 0.6 is 11.6 Å². The van der Waals surface area contributed by atoms with Crippen molar-refractivity contribution >= 4 is 11.6 Å². The molecule has 0 aliphatic heterocycles. The summed E-state index contributed by atoms with van der Waals surface area (Å²) in [6, 6.07) is 5.47. The van der Waals surface area contributed by atoms with Crippen LogP contribution in [-0.4, -0.2) is 16.7 Å². The van der Waals surface area contributed by atoms with Crippen molar-refractivity contribution in [3.05, 3.63) is 40.9 Å². The number of halogens is 1. The molecule has 0 saturated carbocycles. The molecule has 90 valence electrons. The lowest BCUT2D eigenvalue weighted by Crippen LogP contribution is -1.99. The minimum absolute atomic E-state index is 0.413. The number of aryl methyl sites for hydroxylation is 1. The first-order valence-electron chi connectivity index (χ1n) is 5.24. The highest BCUT2D eigenvalue weighted by atomic mass is 35.5. The quantitative estimate of drug-likeness (QED) is 0.911. The maximum atomic E-state index is 6.00. The van der Waals surface area contributed by atoms with Gasteiger partial charge >= 0.3 is 0 Å². The van der Waals surface area contributed by atoms with Crippen molar-refractivity contribution in [2.45, 2.75) is 13.5 Å². The van der Waals surface area contributed by atoms with Gasteiger partial charge in [0.05, 0.1) is 18.5 Å². The van der Waals surface area contributed by atoms with Crippen molar-refractivity contribution in [1.82, 2.24) is 9.55 Å². The van der Waals surface area contributed by atoms with E-state index in [4.69, 9.17) is 22.1 Å². The minimum atomic E-state index is 0.413. The Kier molecular flexibility index (Phi) is 3.36. The van der Waals surface area contributed by atoms with Gasteiger partial charge in [-0.15, -0.1) is 0 Å². The Bertz CT molecular complexity index is 537. The second-order valence-corrected chi connectivity index (χ2v) is 4.11. The number of ether oxygens (including phenoxy) is 1. The Morgan fingerprint density at radius 1 is 1.47 bits per heavy atom. The Balaban J connectivity index is 2.58. The number of imidazole rings is 1. The van der Waals surface area contributed by atoms with Crippen LogP contribution in [0.15, 0.2) is 24.4 Å². The van der Waals surface area contributed by atoms with E-state index < -0.39 is 0 Å². The number of aromatic nitrogens is 2. The number of benzene rings is 1. The Labute approximate surface area is 105 Å². The summed E-state index contributed by atoms with van der Waals surface area (Å²) in [6.45, 7) is 2.33. The van der Waals surface area contributed by atoms with Gasteiger partial charge < -0.3 is 10.5 Å². The third kappa shape index (κ3) is 2.28. The van der Waals surface area contributed by atoms with Crippen LogP contribution in [0.1, 0.15) is 11.5 Å². The van der Waals surface area contributed by atoms with E-state index in [0.717, 1.165) is 23.0 Å². The summed E-state index contributed by atoms with van der Waals surface area (Å²) >= 11 is 6.00. The molecule has 0 aliphatic carbocycles. The molecule has 0 aliphatic rings. The third-order valence-electron chi connectivity index (χ3n) is 2.54. The van der Waals surface area contributed by atoms with Crippen molar-refractivity contribution in [1.29, 1.82) is 0 Å². The first-order chi connectivity index (χ1) is 8.15. The zero-order chi connectivity index (χ0) is 12.4. The van der Waals surface area contributed by atoms with Gasteiger partial charge in [0, 0.05) is 17.8 Å². The molecular weight excluding hydrogens is 238 g/mol. The predicted molar refractivity (Wildman–Crippen MR) is 67.8 cm³/mol. The van der Waals surface area contributed by atoms with Crippen LogP contribution < -0.4 is 10.5 Å². The zero-order valence-electron chi connectivity index (χ0n) is 9.77. The van der Waals surface area contributed by atoms with E-state index in [2.05, 4.69) is 4.98 Å². The van der Waals surface area contributed by atoms with Crippen LogP contribution in [0.2, 0.25) is 5.02 Å². The molecule has 0 amide bonds. The second kappa shape index (κ2) is 4.77. The van der Waals surface area contributed by atoms with Crippen LogP contribution in [0.3, 0.4) is 0 Å². The van der Waals surface area contributed by atoms with Crippen molar-refractivity contribution < 1.29 is 4.74 Å². The van der Waals surface area contributed by atoms with Crippen LogP contribution in [0.25, 0.3) is 5.69 Å². The van der Waals surface area contributed by atoms with E-state index in [0.29, 0.717) is 11.6 Å². The van der Waals surface area contributed by atoms with Crippen molar-refractivity contribution in [3.63, 3.8) is 0 Å². The number of methoxy groups -OCH3 is 1. The van der Waals surface area contributed by atoms with Crippen LogP contribution in [-0.2, 0) is 6.54 Å². The molecule has 0 bridgehead atoms. The van der Waals surface area contributed by atoms with Gasteiger partial charge in [-0.1, -0.05) is 11.6 Å². The summed E-state index contributed by atoms with van der Waals surface area (Å²) in [7, 11) is 1.63. The summed E-state index contributed by atoms with van der Waals surface area (Å²) in [4.78, 5) is 4.35. The Hall–Kier alpha value is -1.52. The number of hydrogen-bond acceptors (Lipinski definition) is 3. The number of nitrogens with two attached hydrogens (primary N) is 1. The smallest absolute Gasteiger partial charge is 0.142 e. The molecule has 2 rings (SSSR count). The van der Waals surface area contributed by atoms with E-state index in [9.17, 15) is 0 Å². The van der Waals surface area contributed by atoms with Crippen LogP contribution in [0.5, 0.6) is 5.75 Å². The molecule has 1 aromatic heterocycles. The lowest BCUT2D eigenvalue weighted by molar-refractivity contribution is 0.412. The fourth-order valence-electron chi connectivity index (χ4n) is 1.73. The molecule has 0 fully saturated rings. The topological polar surface area (TPSA) is 53.1 Å². The van der Waals surface area contributed by atoms with Gasteiger partial charge in [0.25, 0.3) is 0 Å². The average Bonchev–Trinajstić information content (AvgIpc) is 2.70. The Morgan fingerprint density at radius 2 is 2.24 bits per heavy atom. The Morgan fingerprint density at radius 3 is 2.82 bits per heavy atom. The zero-order valence-corrected chi connectivity index (χ0v) is 10.5. The highest BCUT2D eigenvalue weighted by molar-refractivity contribution is 6.30. The third-order valence-corrected chi connectivity index (χ3v) is 2.78. The standard InChI is InChI=1S/C12H14ClN3O/c1-8-15-10(6-14)7-16(8)11-5-9(13)3-4-12(11)17-2/h3-5,7H,6,14H2,1-2H3. The largest absolute Gasteiger partial charge is 0.495 e. The molecule has 0 radical (unpaired) electrons. The van der Waals surface area contributed by atoms with Gasteiger partial charge in [-0.25, -0.2) is 4.98 Å². The molecule has 0 spiro atoms. The monoisotopic (exact) mass is 251 g/mol. The first kappa shape index (κ1) is 12.0. The molecule has 0 atom stereocenters. The van der Waals surface area contributed by atoms with Gasteiger partial charge in [0.2, 0.25) is 0 Å². The summed E-state index contributed by atoms with van der Waals surface area (Å²) in [5.74, 6) is 1.60. The SMILES string of the molecule is COc1ccc(Cl)cc1-n1cc(CN)nc1C. The molecule has 5 heteroatoms. The van der Waals surface area contributed by atoms with E-state index >= 15 is 0 Å². The summed E-state index contributed by atoms with van der Waals surface area (Å²) in [5, 5.41) is 0.656. The normalized spacial score (nSPS) is 10.6. The molecule has 2 N–H and O–H groups in total. The second-order valence-electron chi connectivity index (χ2n) is 3.67. The van der Waals surface area contributed by atoms with Gasteiger partial charge in [-0.3, -0.25) is 4.57 Å². The number of rotatable bonds is 3. The van der Waals surface area contributed by atoms with Gasteiger partial charge in [-0.05, 0) is 25.1 Å². The predicted octanol–water partition coefficient (Wildman–Crippen LogP) is 2.30. The van der Waals surface area contributed by atoms with Crippen molar-refractivity contribution in [3.8, 4) is 11.4 Å². The molecule has 2 aromatic rings.